The van der Waals surface area contributed by atoms with E-state index >= 15 is 0 Å². The largest absolute Gasteiger partial charge is 0.444 e. The van der Waals surface area contributed by atoms with Crippen LogP contribution in [0.3, 0.4) is 0 Å². The Morgan fingerprint density at radius 2 is 1.42 bits per heavy atom. The second-order valence-electron chi connectivity index (χ2n) is 12.1. The molecule has 7 heteroatoms. The third-order valence-electron chi connectivity index (χ3n) is 7.34. The van der Waals surface area contributed by atoms with E-state index in [-0.39, 0.29) is 18.2 Å². The number of hydrogen-bond donors (Lipinski definition) is 2. The molecule has 0 saturated carbocycles. The number of para-hydroxylation sites is 1. The fraction of sp³-hybridized carbons (Fsp3) is 0.417. The molecule has 2 unspecified atom stereocenters. The van der Waals surface area contributed by atoms with Gasteiger partial charge in [-0.1, -0.05) is 86.5 Å². The van der Waals surface area contributed by atoms with Gasteiger partial charge in [0, 0.05) is 18.7 Å². The highest BCUT2D eigenvalue weighted by atomic mass is 16.6. The van der Waals surface area contributed by atoms with E-state index in [2.05, 4.69) is 17.6 Å². The molecule has 0 spiro atoms. The maximum absolute atomic E-state index is 14.7. The number of ether oxygens (including phenoxy) is 1. The van der Waals surface area contributed by atoms with E-state index in [1.807, 2.05) is 93.6 Å². The van der Waals surface area contributed by atoms with Crippen molar-refractivity contribution in [3.05, 3.63) is 101 Å². The van der Waals surface area contributed by atoms with Gasteiger partial charge in [0.1, 0.15) is 17.7 Å². The number of nitrogens with zero attached hydrogens (tertiary/aromatic N) is 1. The Bertz CT molecular complexity index is 1360. The first-order valence-corrected chi connectivity index (χ1v) is 15.2. The number of alkyl carbamates (subject to hydrolysis) is 1. The number of carbonyl (C=O) groups is 3. The van der Waals surface area contributed by atoms with Crippen molar-refractivity contribution in [2.75, 3.05) is 11.9 Å². The average Bonchev–Trinajstić information content (AvgIpc) is 2.94. The van der Waals surface area contributed by atoms with Gasteiger partial charge in [-0.15, -0.1) is 0 Å². The zero-order valence-electron chi connectivity index (χ0n) is 26.7. The lowest BCUT2D eigenvalue weighted by Crippen LogP contribution is -2.53. The van der Waals surface area contributed by atoms with Crippen LogP contribution in [0.25, 0.3) is 0 Å². The molecular formula is C36H47N3O4. The van der Waals surface area contributed by atoms with Crippen LogP contribution in [0.15, 0.2) is 72.8 Å². The molecule has 0 saturated heterocycles. The molecule has 0 heterocycles. The van der Waals surface area contributed by atoms with E-state index in [9.17, 15) is 14.4 Å². The minimum absolute atomic E-state index is 0.252. The summed E-state index contributed by atoms with van der Waals surface area (Å²) in [7, 11) is 0. The summed E-state index contributed by atoms with van der Waals surface area (Å²) in [4.78, 5) is 43.7. The minimum atomic E-state index is -0.947. The van der Waals surface area contributed by atoms with Crippen molar-refractivity contribution >= 4 is 23.6 Å². The summed E-state index contributed by atoms with van der Waals surface area (Å²) < 4.78 is 5.56. The number of benzene rings is 3. The van der Waals surface area contributed by atoms with E-state index in [1.54, 1.807) is 25.7 Å². The number of anilines is 1. The Labute approximate surface area is 257 Å². The van der Waals surface area contributed by atoms with Gasteiger partial charge in [0.25, 0.3) is 5.91 Å². The van der Waals surface area contributed by atoms with Gasteiger partial charge in [0.2, 0.25) is 5.91 Å². The maximum Gasteiger partial charge on any atom is 0.408 e. The Hall–Kier alpha value is -4.13. The molecule has 2 atom stereocenters. The topological polar surface area (TPSA) is 87.7 Å². The summed E-state index contributed by atoms with van der Waals surface area (Å²) in [6, 6.07) is 21.2. The molecule has 0 fully saturated rings. The van der Waals surface area contributed by atoms with E-state index in [4.69, 9.17) is 4.74 Å². The molecule has 3 aromatic carbocycles. The predicted molar refractivity (Wildman–Crippen MR) is 173 cm³/mol. The monoisotopic (exact) mass is 585 g/mol. The zero-order chi connectivity index (χ0) is 31.6. The predicted octanol–water partition coefficient (Wildman–Crippen LogP) is 7.45. The highest BCUT2D eigenvalue weighted by Gasteiger charge is 2.37. The SMILES string of the molecule is CCCCCN(C(=O)C(Cc1ccccc1)NC(=O)OC(C)(C)C)C(C(=O)Nc1ccccc1C)c1c(C)cccc1C. The highest BCUT2D eigenvalue weighted by Crippen LogP contribution is 2.31. The first-order valence-electron chi connectivity index (χ1n) is 15.2. The van der Waals surface area contributed by atoms with Gasteiger partial charge in [-0.05, 0) is 81.8 Å². The molecule has 3 rings (SSSR count). The van der Waals surface area contributed by atoms with Crippen LogP contribution >= 0.6 is 0 Å². The van der Waals surface area contributed by atoms with Crippen molar-refractivity contribution in [3.63, 3.8) is 0 Å². The Morgan fingerprint density at radius 3 is 2.02 bits per heavy atom. The lowest BCUT2D eigenvalue weighted by Gasteiger charge is -2.36. The van der Waals surface area contributed by atoms with Crippen molar-refractivity contribution in [1.29, 1.82) is 0 Å². The molecule has 3 aromatic rings. The third kappa shape index (κ3) is 9.70. The van der Waals surface area contributed by atoms with Crippen LogP contribution < -0.4 is 10.6 Å². The van der Waals surface area contributed by atoms with E-state index < -0.39 is 23.8 Å². The summed E-state index contributed by atoms with van der Waals surface area (Å²) >= 11 is 0. The minimum Gasteiger partial charge on any atom is -0.444 e. The lowest BCUT2D eigenvalue weighted by atomic mass is 9.92. The molecule has 2 N–H and O–H groups in total. The number of hydrogen-bond acceptors (Lipinski definition) is 4. The molecular weight excluding hydrogens is 538 g/mol. The second-order valence-corrected chi connectivity index (χ2v) is 12.1. The summed E-state index contributed by atoms with van der Waals surface area (Å²) in [5.41, 5.74) is 4.38. The summed E-state index contributed by atoms with van der Waals surface area (Å²) in [5.74, 6) is -0.634. The Morgan fingerprint density at radius 1 is 0.814 bits per heavy atom. The highest BCUT2D eigenvalue weighted by molar-refractivity contribution is 5.99. The summed E-state index contributed by atoms with van der Waals surface area (Å²) in [5, 5.41) is 5.95. The molecule has 0 aliphatic rings. The number of aryl methyl sites for hydroxylation is 3. The zero-order valence-corrected chi connectivity index (χ0v) is 26.7. The molecule has 0 aliphatic heterocycles. The van der Waals surface area contributed by atoms with Gasteiger partial charge in [0.15, 0.2) is 0 Å². The quantitative estimate of drug-likeness (QED) is 0.216. The van der Waals surface area contributed by atoms with Crippen LogP contribution in [0.2, 0.25) is 0 Å². The molecule has 0 aliphatic carbocycles. The van der Waals surface area contributed by atoms with Gasteiger partial charge >= 0.3 is 6.09 Å². The lowest BCUT2D eigenvalue weighted by molar-refractivity contribution is -0.141. The Balaban J connectivity index is 2.12. The summed E-state index contributed by atoms with van der Waals surface area (Å²) in [6.07, 6.45) is 2.14. The van der Waals surface area contributed by atoms with Crippen molar-refractivity contribution in [3.8, 4) is 0 Å². The second kappa shape index (κ2) is 15.4. The molecule has 0 bridgehead atoms. The van der Waals surface area contributed by atoms with Gasteiger partial charge in [-0.2, -0.15) is 0 Å². The van der Waals surface area contributed by atoms with Crippen molar-refractivity contribution in [1.82, 2.24) is 10.2 Å². The molecule has 0 radical (unpaired) electrons. The standard InChI is InChI=1S/C36H47N3O4/c1-8-9-15-23-39(34(41)30(24-28-20-11-10-12-21-28)38-35(42)43-36(5,6)7)32(31-26(3)18-16-19-27(31)4)33(40)37-29-22-14-13-17-25(29)2/h10-14,16-22,30,32H,8-9,15,23-24H2,1-7H3,(H,37,40)(H,38,42). The molecule has 7 nitrogen and oxygen atoms in total. The fourth-order valence-corrected chi connectivity index (χ4v) is 5.20. The smallest absolute Gasteiger partial charge is 0.408 e. The van der Waals surface area contributed by atoms with Gasteiger partial charge < -0.3 is 20.3 Å². The van der Waals surface area contributed by atoms with Gasteiger partial charge in [0.05, 0.1) is 0 Å². The van der Waals surface area contributed by atoms with Crippen LogP contribution in [0.1, 0.15) is 80.8 Å². The number of carbonyl (C=O) groups excluding carboxylic acids is 3. The maximum atomic E-state index is 14.7. The van der Waals surface area contributed by atoms with Crippen molar-refractivity contribution in [2.45, 2.75) is 91.8 Å². The van der Waals surface area contributed by atoms with Crippen molar-refractivity contribution < 1.29 is 19.1 Å². The normalized spacial score (nSPS) is 12.6. The van der Waals surface area contributed by atoms with Crippen LogP contribution in [-0.2, 0) is 20.7 Å². The van der Waals surface area contributed by atoms with Gasteiger partial charge in [-0.25, -0.2) is 4.79 Å². The Kier molecular flexibility index (Phi) is 11.9. The van der Waals surface area contributed by atoms with Crippen molar-refractivity contribution in [2.24, 2.45) is 0 Å². The number of rotatable bonds is 12. The van der Waals surface area contributed by atoms with Gasteiger partial charge in [-0.3, -0.25) is 9.59 Å². The molecule has 43 heavy (non-hydrogen) atoms. The van der Waals surface area contributed by atoms with Crippen LogP contribution in [0.5, 0.6) is 0 Å². The first-order chi connectivity index (χ1) is 20.4. The number of amides is 3. The average molecular weight is 586 g/mol. The summed E-state index contributed by atoms with van der Waals surface area (Å²) in [6.45, 7) is 13.7. The van der Waals surface area contributed by atoms with Crippen LogP contribution in [0.4, 0.5) is 10.5 Å². The number of nitrogens with one attached hydrogen (secondary N) is 2. The van der Waals surface area contributed by atoms with E-state index in [1.165, 1.54) is 0 Å². The number of unbranched alkanes of at least 4 members (excludes halogenated alkanes) is 2. The van der Waals surface area contributed by atoms with Crippen LogP contribution in [0, 0.1) is 20.8 Å². The van der Waals surface area contributed by atoms with E-state index in [0.717, 1.165) is 40.7 Å². The van der Waals surface area contributed by atoms with E-state index in [0.29, 0.717) is 18.7 Å². The molecule has 0 aromatic heterocycles. The fourth-order valence-electron chi connectivity index (χ4n) is 5.20. The molecule has 3 amide bonds. The third-order valence-corrected chi connectivity index (χ3v) is 7.34. The first kappa shape index (κ1) is 33.4. The van der Waals surface area contributed by atoms with Crippen LogP contribution in [-0.4, -0.2) is 41.0 Å². The molecule has 230 valence electrons.